The van der Waals surface area contributed by atoms with Crippen molar-refractivity contribution in [1.29, 1.82) is 0 Å². The number of fused-ring (bicyclic) bond motifs is 2. The maximum atomic E-state index is 13.1. The monoisotopic (exact) mass is 313 g/mol. The highest BCUT2D eigenvalue weighted by Crippen LogP contribution is 2.33. The fourth-order valence-electron chi connectivity index (χ4n) is 5.11. The number of hydrogen-bond donors (Lipinski definition) is 1. The third kappa shape index (κ3) is 2.80. The summed E-state index contributed by atoms with van der Waals surface area (Å²) in [6.07, 6.45) is 7.98. The molecule has 1 unspecified atom stereocenters. The summed E-state index contributed by atoms with van der Waals surface area (Å²) in [4.78, 5) is 16.6. The van der Waals surface area contributed by atoms with Gasteiger partial charge in [-0.25, -0.2) is 0 Å². The highest BCUT2D eigenvalue weighted by molar-refractivity contribution is 5.97. The largest absolute Gasteiger partial charge is 0.325 e. The fraction of sp³-hybridized carbons (Fsp3) is 0.650. The molecule has 1 aromatic rings. The number of quaternary nitrogens is 1. The number of carbonyl (C=O) groups is 1. The van der Waals surface area contributed by atoms with Crippen molar-refractivity contribution in [2.75, 3.05) is 24.5 Å². The van der Waals surface area contributed by atoms with Gasteiger partial charge < -0.3 is 9.80 Å². The van der Waals surface area contributed by atoms with Gasteiger partial charge in [-0.15, -0.1) is 0 Å². The highest BCUT2D eigenvalue weighted by atomic mass is 16.2. The summed E-state index contributed by atoms with van der Waals surface area (Å²) in [5.41, 5.74) is 2.48. The number of piperidine rings is 1. The van der Waals surface area contributed by atoms with Crippen molar-refractivity contribution in [2.45, 2.75) is 51.5 Å². The first kappa shape index (κ1) is 15.2. The van der Waals surface area contributed by atoms with Crippen LogP contribution in [0.15, 0.2) is 24.3 Å². The molecule has 1 saturated carbocycles. The molecule has 2 aliphatic heterocycles. The lowest BCUT2D eigenvalue weighted by Crippen LogP contribution is -3.18. The van der Waals surface area contributed by atoms with Gasteiger partial charge in [0, 0.05) is 18.2 Å². The zero-order valence-electron chi connectivity index (χ0n) is 14.3. The Morgan fingerprint density at radius 1 is 1.17 bits per heavy atom. The minimum atomic E-state index is 0.101. The SMILES string of the molecule is C[C@H](C(=O)N1CCc2ccccc21)[NH+]1CC[C@@H]2CCCC[C@@H]2C1. The van der Waals surface area contributed by atoms with E-state index in [1.165, 1.54) is 55.7 Å². The van der Waals surface area contributed by atoms with Gasteiger partial charge in [-0.2, -0.15) is 0 Å². The number of carbonyl (C=O) groups excluding carboxylic acids is 1. The molecule has 0 radical (unpaired) electrons. The number of benzene rings is 1. The zero-order chi connectivity index (χ0) is 15.8. The molecule has 0 spiro atoms. The normalized spacial score (nSPS) is 31.3. The van der Waals surface area contributed by atoms with E-state index in [9.17, 15) is 4.79 Å². The Kier molecular flexibility index (Phi) is 4.14. The smallest absolute Gasteiger partial charge is 0.284 e. The van der Waals surface area contributed by atoms with E-state index in [1.807, 2.05) is 4.90 Å². The molecular formula is C20H29N2O+. The molecule has 4 atom stereocenters. The minimum absolute atomic E-state index is 0.101. The van der Waals surface area contributed by atoms with E-state index in [0.29, 0.717) is 5.91 Å². The van der Waals surface area contributed by atoms with E-state index in [2.05, 4.69) is 31.2 Å². The van der Waals surface area contributed by atoms with Crippen molar-refractivity contribution in [1.82, 2.24) is 0 Å². The van der Waals surface area contributed by atoms with Crippen molar-refractivity contribution in [2.24, 2.45) is 11.8 Å². The molecule has 2 heterocycles. The van der Waals surface area contributed by atoms with Gasteiger partial charge in [0.25, 0.3) is 5.91 Å². The van der Waals surface area contributed by atoms with E-state index in [4.69, 9.17) is 0 Å². The summed E-state index contributed by atoms with van der Waals surface area (Å²) < 4.78 is 0. The number of rotatable bonds is 2. The van der Waals surface area contributed by atoms with E-state index >= 15 is 0 Å². The molecule has 1 saturated heterocycles. The topological polar surface area (TPSA) is 24.8 Å². The first-order valence-electron chi connectivity index (χ1n) is 9.48. The maximum Gasteiger partial charge on any atom is 0.284 e. The summed E-state index contributed by atoms with van der Waals surface area (Å²) in [7, 11) is 0. The molecule has 2 fully saturated rings. The second kappa shape index (κ2) is 6.27. The summed E-state index contributed by atoms with van der Waals surface area (Å²) in [5.74, 6) is 2.15. The van der Waals surface area contributed by atoms with Gasteiger partial charge in [0.05, 0.1) is 13.1 Å². The highest BCUT2D eigenvalue weighted by Gasteiger charge is 2.39. The molecule has 1 amide bonds. The van der Waals surface area contributed by atoms with Crippen LogP contribution < -0.4 is 9.80 Å². The molecule has 1 aliphatic carbocycles. The summed E-state index contributed by atoms with van der Waals surface area (Å²) in [6, 6.07) is 8.50. The van der Waals surface area contributed by atoms with Gasteiger partial charge in [-0.1, -0.05) is 31.0 Å². The van der Waals surface area contributed by atoms with Crippen LogP contribution in [0.1, 0.15) is 44.6 Å². The number of anilines is 1. The molecule has 1 N–H and O–H groups in total. The number of amides is 1. The van der Waals surface area contributed by atoms with Crippen molar-refractivity contribution in [3.63, 3.8) is 0 Å². The maximum absolute atomic E-state index is 13.1. The molecule has 1 aromatic carbocycles. The Balaban J connectivity index is 1.45. The minimum Gasteiger partial charge on any atom is -0.325 e. The Morgan fingerprint density at radius 2 is 1.96 bits per heavy atom. The van der Waals surface area contributed by atoms with Crippen molar-refractivity contribution >= 4 is 11.6 Å². The predicted molar refractivity (Wildman–Crippen MR) is 92.7 cm³/mol. The lowest BCUT2D eigenvalue weighted by atomic mass is 9.75. The third-order valence-electron chi connectivity index (χ3n) is 6.56. The van der Waals surface area contributed by atoms with Crippen LogP contribution in [0, 0.1) is 11.8 Å². The van der Waals surface area contributed by atoms with Gasteiger partial charge in [0.15, 0.2) is 6.04 Å². The van der Waals surface area contributed by atoms with Gasteiger partial charge >= 0.3 is 0 Å². The Hall–Kier alpha value is -1.35. The number of nitrogens with one attached hydrogen (secondary N) is 1. The first-order valence-corrected chi connectivity index (χ1v) is 9.48. The Bertz CT molecular complexity index is 585. The second-order valence-corrected chi connectivity index (χ2v) is 7.80. The average molecular weight is 313 g/mol. The van der Waals surface area contributed by atoms with Crippen LogP contribution in [0.25, 0.3) is 0 Å². The third-order valence-corrected chi connectivity index (χ3v) is 6.56. The average Bonchev–Trinajstić information content (AvgIpc) is 3.04. The Labute approximate surface area is 139 Å². The standard InChI is InChI=1S/C20H28N2O/c1-15(21-12-10-16-6-2-3-8-18(16)14-21)20(23)22-13-11-17-7-4-5-9-19(17)22/h4-5,7,9,15-16,18H,2-3,6,8,10-14H2,1H3/p+1/t15-,16+,18-/m1/s1. The summed E-state index contributed by atoms with van der Waals surface area (Å²) >= 11 is 0. The van der Waals surface area contributed by atoms with Crippen LogP contribution in [0.4, 0.5) is 5.69 Å². The van der Waals surface area contributed by atoms with Gasteiger partial charge in [-0.3, -0.25) is 4.79 Å². The van der Waals surface area contributed by atoms with E-state index < -0.39 is 0 Å². The van der Waals surface area contributed by atoms with Crippen LogP contribution in [-0.2, 0) is 11.2 Å². The molecule has 0 bridgehead atoms. The molecule has 0 aromatic heterocycles. The van der Waals surface area contributed by atoms with E-state index in [0.717, 1.165) is 30.5 Å². The Morgan fingerprint density at radius 3 is 2.83 bits per heavy atom. The second-order valence-electron chi connectivity index (χ2n) is 7.80. The van der Waals surface area contributed by atoms with Crippen molar-refractivity contribution < 1.29 is 9.69 Å². The number of para-hydroxylation sites is 1. The van der Waals surface area contributed by atoms with Crippen molar-refractivity contribution in [3.05, 3.63) is 29.8 Å². The first-order chi connectivity index (χ1) is 11.2. The summed E-state index contributed by atoms with van der Waals surface area (Å²) in [5, 5.41) is 0. The molecule has 3 nitrogen and oxygen atoms in total. The van der Waals surface area contributed by atoms with Gasteiger partial charge in [0.1, 0.15) is 0 Å². The van der Waals surface area contributed by atoms with Crippen LogP contribution in [0.2, 0.25) is 0 Å². The lowest BCUT2D eigenvalue weighted by molar-refractivity contribution is -0.924. The molecule has 3 aliphatic rings. The molecule has 23 heavy (non-hydrogen) atoms. The van der Waals surface area contributed by atoms with Crippen molar-refractivity contribution in [3.8, 4) is 0 Å². The molecular weight excluding hydrogens is 284 g/mol. The summed E-state index contributed by atoms with van der Waals surface area (Å²) in [6.45, 7) is 5.42. The zero-order valence-corrected chi connectivity index (χ0v) is 14.3. The predicted octanol–water partition coefficient (Wildman–Crippen LogP) is 2.06. The van der Waals surface area contributed by atoms with Crippen LogP contribution in [-0.4, -0.2) is 31.6 Å². The number of likely N-dealkylation sites (tertiary alicyclic amines) is 1. The molecule has 124 valence electrons. The van der Waals surface area contributed by atoms with Crippen LogP contribution >= 0.6 is 0 Å². The number of hydrogen-bond acceptors (Lipinski definition) is 1. The van der Waals surface area contributed by atoms with Gasteiger partial charge in [-0.05, 0) is 50.2 Å². The molecule has 4 rings (SSSR count). The fourth-order valence-corrected chi connectivity index (χ4v) is 5.11. The quantitative estimate of drug-likeness (QED) is 0.888. The molecule has 3 heteroatoms. The van der Waals surface area contributed by atoms with Crippen LogP contribution in [0.3, 0.4) is 0 Å². The number of nitrogens with zero attached hydrogens (tertiary/aromatic N) is 1. The van der Waals surface area contributed by atoms with E-state index in [-0.39, 0.29) is 6.04 Å². The van der Waals surface area contributed by atoms with Gasteiger partial charge in [0.2, 0.25) is 0 Å². The van der Waals surface area contributed by atoms with Crippen LogP contribution in [0.5, 0.6) is 0 Å². The van der Waals surface area contributed by atoms with E-state index in [1.54, 1.807) is 0 Å². The lowest BCUT2D eigenvalue weighted by Gasteiger charge is -2.41.